The number of hydrogen-bond acceptors (Lipinski definition) is 2. The lowest BCUT2D eigenvalue weighted by molar-refractivity contribution is 0.173. The Kier molecular flexibility index (Phi) is 4.53. The molecule has 0 saturated heterocycles. The molecule has 0 aliphatic rings. The van der Waals surface area contributed by atoms with E-state index >= 15 is 0 Å². The van der Waals surface area contributed by atoms with Gasteiger partial charge in [-0.2, -0.15) is 0 Å². The van der Waals surface area contributed by atoms with Crippen LogP contribution in [0.4, 0.5) is 4.39 Å². The first-order valence-electron chi connectivity index (χ1n) is 6.71. The van der Waals surface area contributed by atoms with Gasteiger partial charge in [0.15, 0.2) is 0 Å². The number of hydrogen-bond donors (Lipinski definition) is 2. The largest absolute Gasteiger partial charge is 0.394 e. The quantitative estimate of drug-likeness (QED) is 0.877. The molecule has 0 heterocycles. The zero-order chi connectivity index (χ0) is 14.6. The van der Waals surface area contributed by atoms with Crippen LogP contribution in [-0.4, -0.2) is 11.7 Å². The van der Waals surface area contributed by atoms with Gasteiger partial charge in [-0.1, -0.05) is 42.5 Å². The van der Waals surface area contributed by atoms with Gasteiger partial charge < -0.3 is 10.4 Å². The molecule has 2 N–H and O–H groups in total. The van der Waals surface area contributed by atoms with Crippen LogP contribution in [0.2, 0.25) is 0 Å². The van der Waals surface area contributed by atoms with Crippen LogP contribution in [0.15, 0.2) is 48.5 Å². The lowest BCUT2D eigenvalue weighted by atomic mass is 9.92. The maximum Gasteiger partial charge on any atom is 0.126 e. The topological polar surface area (TPSA) is 32.3 Å². The molecule has 0 fully saturated rings. The number of aryl methyl sites for hydroxylation is 1. The van der Waals surface area contributed by atoms with Crippen molar-refractivity contribution in [2.45, 2.75) is 25.9 Å². The SMILES string of the molecule is Cc1cc(CNC(C)(CO)c2ccccc2)ccc1F. The zero-order valence-electron chi connectivity index (χ0n) is 11.9. The molecule has 0 aromatic heterocycles. The number of halogens is 1. The minimum atomic E-state index is -0.510. The number of nitrogens with one attached hydrogen (secondary N) is 1. The van der Waals surface area contributed by atoms with Crippen LogP contribution in [0.3, 0.4) is 0 Å². The number of aliphatic hydroxyl groups is 1. The highest BCUT2D eigenvalue weighted by Gasteiger charge is 2.24. The van der Waals surface area contributed by atoms with E-state index in [9.17, 15) is 9.50 Å². The summed E-state index contributed by atoms with van der Waals surface area (Å²) in [5.74, 6) is -0.193. The van der Waals surface area contributed by atoms with E-state index in [2.05, 4.69) is 5.32 Å². The summed E-state index contributed by atoms with van der Waals surface area (Å²) in [4.78, 5) is 0. The van der Waals surface area contributed by atoms with Crippen molar-refractivity contribution >= 4 is 0 Å². The molecule has 20 heavy (non-hydrogen) atoms. The summed E-state index contributed by atoms with van der Waals surface area (Å²) in [6.07, 6.45) is 0. The number of benzene rings is 2. The summed E-state index contributed by atoms with van der Waals surface area (Å²) in [5.41, 5.74) is 2.15. The monoisotopic (exact) mass is 273 g/mol. The minimum Gasteiger partial charge on any atom is -0.394 e. The molecule has 0 amide bonds. The zero-order valence-corrected chi connectivity index (χ0v) is 11.9. The molecular formula is C17H20FNO. The first kappa shape index (κ1) is 14.7. The number of rotatable bonds is 5. The van der Waals surface area contributed by atoms with Crippen LogP contribution < -0.4 is 5.32 Å². The van der Waals surface area contributed by atoms with Gasteiger partial charge in [0, 0.05) is 6.54 Å². The summed E-state index contributed by atoms with van der Waals surface area (Å²) in [6.45, 7) is 4.28. The predicted molar refractivity (Wildman–Crippen MR) is 78.9 cm³/mol. The van der Waals surface area contributed by atoms with Gasteiger partial charge in [-0.05, 0) is 36.6 Å². The average Bonchev–Trinajstić information content (AvgIpc) is 2.49. The van der Waals surface area contributed by atoms with E-state index in [-0.39, 0.29) is 12.4 Å². The van der Waals surface area contributed by atoms with E-state index in [0.717, 1.165) is 11.1 Å². The molecule has 2 aromatic carbocycles. The Morgan fingerprint density at radius 3 is 2.45 bits per heavy atom. The van der Waals surface area contributed by atoms with Crippen molar-refractivity contribution in [2.75, 3.05) is 6.61 Å². The second-order valence-electron chi connectivity index (χ2n) is 5.29. The van der Waals surface area contributed by atoms with E-state index in [0.29, 0.717) is 12.1 Å². The van der Waals surface area contributed by atoms with Crippen LogP contribution in [0.5, 0.6) is 0 Å². The van der Waals surface area contributed by atoms with Gasteiger partial charge in [0.05, 0.1) is 12.1 Å². The van der Waals surface area contributed by atoms with Crippen LogP contribution in [0.25, 0.3) is 0 Å². The van der Waals surface area contributed by atoms with E-state index in [1.807, 2.05) is 43.3 Å². The summed E-state index contributed by atoms with van der Waals surface area (Å²) < 4.78 is 13.2. The average molecular weight is 273 g/mol. The molecule has 0 saturated carbocycles. The Morgan fingerprint density at radius 2 is 1.85 bits per heavy atom. The molecule has 3 heteroatoms. The molecule has 0 aliphatic carbocycles. The lowest BCUT2D eigenvalue weighted by Gasteiger charge is -2.29. The highest BCUT2D eigenvalue weighted by Crippen LogP contribution is 2.20. The van der Waals surface area contributed by atoms with Crippen molar-refractivity contribution in [2.24, 2.45) is 0 Å². The summed E-state index contributed by atoms with van der Waals surface area (Å²) in [6, 6.07) is 14.9. The fraction of sp³-hybridized carbons (Fsp3) is 0.294. The van der Waals surface area contributed by atoms with Gasteiger partial charge in [-0.3, -0.25) is 0 Å². The van der Waals surface area contributed by atoms with E-state index in [4.69, 9.17) is 0 Å². The Bertz CT molecular complexity index is 570. The van der Waals surface area contributed by atoms with Crippen LogP contribution in [0.1, 0.15) is 23.6 Å². The van der Waals surface area contributed by atoms with E-state index in [1.165, 1.54) is 6.07 Å². The fourth-order valence-electron chi connectivity index (χ4n) is 2.17. The third-order valence-corrected chi connectivity index (χ3v) is 3.63. The normalized spacial score (nSPS) is 14.0. The Hall–Kier alpha value is -1.71. The van der Waals surface area contributed by atoms with Crippen LogP contribution in [-0.2, 0) is 12.1 Å². The highest BCUT2D eigenvalue weighted by atomic mass is 19.1. The smallest absolute Gasteiger partial charge is 0.126 e. The van der Waals surface area contributed by atoms with Crippen molar-refractivity contribution in [3.05, 3.63) is 71.0 Å². The fourth-order valence-corrected chi connectivity index (χ4v) is 2.17. The van der Waals surface area contributed by atoms with Gasteiger partial charge in [0.25, 0.3) is 0 Å². The standard InChI is InChI=1S/C17H20FNO/c1-13-10-14(8-9-16(13)18)11-19-17(2,12-20)15-6-4-3-5-7-15/h3-10,19-20H,11-12H2,1-2H3. The summed E-state index contributed by atoms with van der Waals surface area (Å²) in [5, 5.41) is 13.0. The third kappa shape index (κ3) is 3.24. The summed E-state index contributed by atoms with van der Waals surface area (Å²) >= 11 is 0. The molecular weight excluding hydrogens is 253 g/mol. The molecule has 106 valence electrons. The number of aliphatic hydroxyl groups excluding tert-OH is 1. The molecule has 0 aliphatic heterocycles. The molecule has 2 aromatic rings. The van der Waals surface area contributed by atoms with Crippen molar-refractivity contribution in [3.8, 4) is 0 Å². The second kappa shape index (κ2) is 6.16. The molecule has 1 unspecified atom stereocenters. The molecule has 0 radical (unpaired) electrons. The lowest BCUT2D eigenvalue weighted by Crippen LogP contribution is -2.42. The van der Waals surface area contributed by atoms with Crippen molar-refractivity contribution < 1.29 is 9.50 Å². The predicted octanol–water partition coefficient (Wildman–Crippen LogP) is 3.13. The molecule has 2 rings (SSSR count). The van der Waals surface area contributed by atoms with Crippen LogP contribution in [0, 0.1) is 12.7 Å². The molecule has 0 bridgehead atoms. The van der Waals surface area contributed by atoms with Gasteiger partial charge in [0.1, 0.15) is 5.82 Å². The van der Waals surface area contributed by atoms with Crippen LogP contribution >= 0.6 is 0 Å². The van der Waals surface area contributed by atoms with Gasteiger partial charge in [0.2, 0.25) is 0 Å². The maximum atomic E-state index is 13.2. The second-order valence-corrected chi connectivity index (χ2v) is 5.29. The third-order valence-electron chi connectivity index (χ3n) is 3.63. The van der Waals surface area contributed by atoms with E-state index in [1.54, 1.807) is 13.0 Å². The minimum absolute atomic E-state index is 0.00279. The van der Waals surface area contributed by atoms with Crippen molar-refractivity contribution in [1.82, 2.24) is 5.32 Å². The van der Waals surface area contributed by atoms with Gasteiger partial charge in [-0.15, -0.1) is 0 Å². The Labute approximate surface area is 119 Å². The Morgan fingerprint density at radius 1 is 1.15 bits per heavy atom. The van der Waals surface area contributed by atoms with Gasteiger partial charge in [-0.25, -0.2) is 4.39 Å². The van der Waals surface area contributed by atoms with Gasteiger partial charge >= 0.3 is 0 Å². The summed E-state index contributed by atoms with van der Waals surface area (Å²) in [7, 11) is 0. The first-order chi connectivity index (χ1) is 9.55. The molecule has 2 nitrogen and oxygen atoms in total. The molecule has 1 atom stereocenters. The maximum absolute atomic E-state index is 13.2. The van der Waals surface area contributed by atoms with Crippen molar-refractivity contribution in [1.29, 1.82) is 0 Å². The Balaban J connectivity index is 2.13. The van der Waals surface area contributed by atoms with Crippen molar-refractivity contribution in [3.63, 3.8) is 0 Å². The molecule has 0 spiro atoms. The van der Waals surface area contributed by atoms with E-state index < -0.39 is 5.54 Å². The highest BCUT2D eigenvalue weighted by molar-refractivity contribution is 5.26. The first-order valence-corrected chi connectivity index (χ1v) is 6.71.